The number of aliphatic carboxylic acids is 1. The zero-order valence-corrected chi connectivity index (χ0v) is 11.9. The van der Waals surface area contributed by atoms with Crippen molar-refractivity contribution in [1.29, 1.82) is 0 Å². The van der Waals surface area contributed by atoms with Gasteiger partial charge in [0, 0.05) is 38.3 Å². The highest BCUT2D eigenvalue weighted by Gasteiger charge is 2.27. The predicted octanol–water partition coefficient (Wildman–Crippen LogP) is 1.45. The predicted molar refractivity (Wildman–Crippen MR) is 71.1 cm³/mol. The summed E-state index contributed by atoms with van der Waals surface area (Å²) in [6.07, 6.45) is 2.16. The van der Waals surface area contributed by atoms with Crippen LogP contribution in [0.3, 0.4) is 0 Å². The molecule has 1 heterocycles. The third kappa shape index (κ3) is 5.46. The van der Waals surface area contributed by atoms with E-state index in [0.29, 0.717) is 19.6 Å². The highest BCUT2D eigenvalue weighted by molar-refractivity contribution is 5.75. The average molecular weight is 272 g/mol. The van der Waals surface area contributed by atoms with E-state index < -0.39 is 11.5 Å². The largest absolute Gasteiger partial charge is 0.481 e. The van der Waals surface area contributed by atoms with Crippen LogP contribution in [0.25, 0.3) is 0 Å². The van der Waals surface area contributed by atoms with Crippen molar-refractivity contribution in [2.75, 3.05) is 20.3 Å². The van der Waals surface area contributed by atoms with E-state index in [0.717, 1.165) is 12.8 Å². The van der Waals surface area contributed by atoms with Crippen molar-refractivity contribution in [2.24, 2.45) is 0 Å². The fourth-order valence-electron chi connectivity index (χ4n) is 2.10. The molecule has 1 aliphatic rings. The smallest absolute Gasteiger partial charge is 0.317 e. The van der Waals surface area contributed by atoms with Gasteiger partial charge in [-0.3, -0.25) is 4.79 Å². The molecule has 19 heavy (non-hydrogen) atoms. The number of nitrogens with zero attached hydrogens (tertiary/aromatic N) is 1. The van der Waals surface area contributed by atoms with Crippen LogP contribution < -0.4 is 5.32 Å². The molecule has 1 fully saturated rings. The third-order valence-corrected chi connectivity index (χ3v) is 3.47. The Morgan fingerprint density at radius 3 is 2.47 bits per heavy atom. The summed E-state index contributed by atoms with van der Waals surface area (Å²) >= 11 is 0. The maximum absolute atomic E-state index is 12.1. The summed E-state index contributed by atoms with van der Waals surface area (Å²) in [6, 6.07) is 0.0475. The van der Waals surface area contributed by atoms with Crippen molar-refractivity contribution >= 4 is 12.0 Å². The maximum atomic E-state index is 12.1. The lowest BCUT2D eigenvalue weighted by atomic mass is 9.98. The molecule has 6 nitrogen and oxygen atoms in total. The van der Waals surface area contributed by atoms with Crippen LogP contribution >= 0.6 is 0 Å². The summed E-state index contributed by atoms with van der Waals surface area (Å²) in [5, 5.41) is 11.6. The zero-order valence-electron chi connectivity index (χ0n) is 11.9. The van der Waals surface area contributed by atoms with Crippen molar-refractivity contribution in [1.82, 2.24) is 10.2 Å². The van der Waals surface area contributed by atoms with Crippen LogP contribution in [-0.2, 0) is 9.53 Å². The van der Waals surface area contributed by atoms with Gasteiger partial charge in [0.1, 0.15) is 0 Å². The van der Waals surface area contributed by atoms with Crippen molar-refractivity contribution in [2.45, 2.75) is 51.1 Å². The summed E-state index contributed by atoms with van der Waals surface area (Å²) in [5.74, 6) is -0.847. The number of urea groups is 1. The normalized spacial score (nSPS) is 17.0. The van der Waals surface area contributed by atoms with E-state index in [1.54, 1.807) is 11.9 Å². The Kier molecular flexibility index (Phi) is 5.60. The molecule has 0 unspecified atom stereocenters. The molecule has 0 aliphatic carbocycles. The lowest BCUT2D eigenvalue weighted by Gasteiger charge is -2.34. The van der Waals surface area contributed by atoms with Crippen LogP contribution in [0.1, 0.15) is 39.5 Å². The van der Waals surface area contributed by atoms with Crippen LogP contribution in [0.15, 0.2) is 0 Å². The Balaban J connectivity index is 2.45. The number of carbonyl (C=O) groups is 2. The second-order valence-corrected chi connectivity index (χ2v) is 5.66. The third-order valence-electron chi connectivity index (χ3n) is 3.47. The van der Waals surface area contributed by atoms with Gasteiger partial charge < -0.3 is 20.1 Å². The Bertz CT molecular complexity index is 325. The number of ether oxygens (including phenoxy) is 1. The molecule has 6 heteroatoms. The minimum absolute atomic E-state index is 0.0499. The fourth-order valence-corrected chi connectivity index (χ4v) is 2.10. The van der Waals surface area contributed by atoms with Gasteiger partial charge >= 0.3 is 12.0 Å². The first-order valence-corrected chi connectivity index (χ1v) is 6.66. The Morgan fingerprint density at radius 1 is 1.37 bits per heavy atom. The van der Waals surface area contributed by atoms with Gasteiger partial charge in [-0.25, -0.2) is 4.79 Å². The van der Waals surface area contributed by atoms with Crippen LogP contribution in [-0.4, -0.2) is 53.8 Å². The molecule has 0 aromatic heterocycles. The molecule has 0 bridgehead atoms. The number of rotatable bonds is 5. The van der Waals surface area contributed by atoms with Crippen molar-refractivity contribution in [3.05, 3.63) is 0 Å². The molecule has 1 saturated heterocycles. The molecule has 0 aromatic rings. The second-order valence-electron chi connectivity index (χ2n) is 5.66. The summed E-state index contributed by atoms with van der Waals surface area (Å²) in [7, 11) is 1.78. The zero-order chi connectivity index (χ0) is 14.5. The number of carbonyl (C=O) groups excluding carboxylic acids is 1. The monoisotopic (exact) mass is 272 g/mol. The van der Waals surface area contributed by atoms with Crippen LogP contribution in [0, 0.1) is 0 Å². The summed E-state index contributed by atoms with van der Waals surface area (Å²) in [4.78, 5) is 24.4. The number of nitrogens with one attached hydrogen (secondary N) is 1. The molecule has 0 saturated carbocycles. The topological polar surface area (TPSA) is 78.9 Å². The molecular weight excluding hydrogens is 248 g/mol. The summed E-state index contributed by atoms with van der Waals surface area (Å²) < 4.78 is 5.27. The standard InChI is InChI=1S/C13H24N2O4/c1-13(2,7-4-11(16)17)14-12(18)15(3)10-5-8-19-9-6-10/h10H,4-9H2,1-3H3,(H,14,18)(H,16,17). The number of carboxylic acid groups (broad SMARTS) is 1. The van der Waals surface area contributed by atoms with Gasteiger partial charge in [0.15, 0.2) is 0 Å². The van der Waals surface area contributed by atoms with E-state index in [-0.39, 0.29) is 18.5 Å². The number of hydrogen-bond donors (Lipinski definition) is 2. The Labute approximate surface area is 114 Å². The van der Waals surface area contributed by atoms with Gasteiger partial charge in [-0.05, 0) is 33.1 Å². The Hall–Kier alpha value is -1.30. The molecule has 2 N–H and O–H groups in total. The van der Waals surface area contributed by atoms with E-state index in [1.807, 2.05) is 13.8 Å². The molecular formula is C13H24N2O4. The van der Waals surface area contributed by atoms with Gasteiger partial charge in [0.2, 0.25) is 0 Å². The first-order valence-electron chi connectivity index (χ1n) is 6.66. The van der Waals surface area contributed by atoms with Crippen molar-refractivity contribution < 1.29 is 19.4 Å². The lowest BCUT2D eigenvalue weighted by molar-refractivity contribution is -0.137. The first kappa shape index (κ1) is 15.8. The summed E-state index contributed by atoms with van der Waals surface area (Å²) in [5.41, 5.74) is -0.519. The highest BCUT2D eigenvalue weighted by Crippen LogP contribution is 2.16. The molecule has 0 spiro atoms. The lowest BCUT2D eigenvalue weighted by Crippen LogP contribution is -2.52. The minimum Gasteiger partial charge on any atom is -0.481 e. The first-order chi connectivity index (χ1) is 8.82. The molecule has 110 valence electrons. The highest BCUT2D eigenvalue weighted by atomic mass is 16.5. The Morgan fingerprint density at radius 2 is 1.95 bits per heavy atom. The van der Waals surface area contributed by atoms with Crippen LogP contribution in [0.4, 0.5) is 4.79 Å². The van der Waals surface area contributed by atoms with Gasteiger partial charge in [0.25, 0.3) is 0 Å². The van der Waals surface area contributed by atoms with Gasteiger partial charge in [-0.2, -0.15) is 0 Å². The molecule has 2 amide bonds. The van der Waals surface area contributed by atoms with Crippen molar-refractivity contribution in [3.8, 4) is 0 Å². The molecule has 0 aromatic carbocycles. The molecule has 0 radical (unpaired) electrons. The SMILES string of the molecule is CN(C(=O)NC(C)(C)CCC(=O)O)C1CCOCC1. The quantitative estimate of drug-likeness (QED) is 0.794. The number of hydrogen-bond acceptors (Lipinski definition) is 3. The number of carboxylic acids is 1. The molecule has 1 rings (SSSR count). The van der Waals surface area contributed by atoms with Crippen molar-refractivity contribution in [3.63, 3.8) is 0 Å². The van der Waals surface area contributed by atoms with Crippen LogP contribution in [0.5, 0.6) is 0 Å². The molecule has 0 atom stereocenters. The van der Waals surface area contributed by atoms with E-state index in [9.17, 15) is 9.59 Å². The van der Waals surface area contributed by atoms with Gasteiger partial charge in [-0.1, -0.05) is 0 Å². The number of amides is 2. The van der Waals surface area contributed by atoms with Gasteiger partial charge in [-0.15, -0.1) is 0 Å². The van der Waals surface area contributed by atoms with E-state index in [2.05, 4.69) is 5.32 Å². The van der Waals surface area contributed by atoms with E-state index in [1.165, 1.54) is 0 Å². The fraction of sp³-hybridized carbons (Fsp3) is 0.846. The van der Waals surface area contributed by atoms with Gasteiger partial charge in [0.05, 0.1) is 0 Å². The summed E-state index contributed by atoms with van der Waals surface area (Å²) in [6.45, 7) is 5.05. The van der Waals surface area contributed by atoms with Crippen LogP contribution in [0.2, 0.25) is 0 Å². The average Bonchev–Trinajstić information content (AvgIpc) is 2.36. The van der Waals surface area contributed by atoms with E-state index in [4.69, 9.17) is 9.84 Å². The van der Waals surface area contributed by atoms with E-state index >= 15 is 0 Å². The molecule has 1 aliphatic heterocycles. The second kappa shape index (κ2) is 6.75. The maximum Gasteiger partial charge on any atom is 0.317 e. The minimum atomic E-state index is -0.847.